The number of fused-ring (bicyclic) bond motifs is 2. The van der Waals surface area contributed by atoms with E-state index in [0.717, 1.165) is 30.4 Å². The van der Waals surface area contributed by atoms with Crippen molar-refractivity contribution in [3.63, 3.8) is 0 Å². The number of nitrogen functional groups attached to an aromatic ring is 1. The van der Waals surface area contributed by atoms with Crippen molar-refractivity contribution in [1.29, 1.82) is 0 Å². The Morgan fingerprint density at radius 2 is 2.00 bits per heavy atom. The first-order chi connectivity index (χ1) is 9.97. The third-order valence-electron chi connectivity index (χ3n) is 5.01. The molecule has 2 aliphatic rings. The minimum Gasteiger partial charge on any atom is -0.398 e. The minimum absolute atomic E-state index is 0.205. The lowest BCUT2D eigenvalue weighted by atomic mass is 10.1. The van der Waals surface area contributed by atoms with Gasteiger partial charge in [0.15, 0.2) is 0 Å². The molecule has 21 heavy (non-hydrogen) atoms. The molecule has 1 aromatic carbocycles. The highest BCUT2D eigenvalue weighted by atomic mass is 32.2. The lowest BCUT2D eigenvalue weighted by molar-refractivity contribution is 0.333. The molecule has 1 heterocycles. The summed E-state index contributed by atoms with van der Waals surface area (Å²) in [6.07, 6.45) is 4.65. The summed E-state index contributed by atoms with van der Waals surface area (Å²) in [5, 5.41) is 0. The summed E-state index contributed by atoms with van der Waals surface area (Å²) in [5.74, 6) is 0.557. The quantitative estimate of drug-likeness (QED) is 0.870. The normalized spacial score (nSPS) is 25.6. The first-order valence-electron chi connectivity index (χ1n) is 7.90. The van der Waals surface area contributed by atoms with E-state index in [1.807, 2.05) is 26.0 Å². The van der Waals surface area contributed by atoms with E-state index in [4.69, 9.17) is 5.73 Å². The number of hydrogen-bond donors (Lipinski definition) is 1. The standard InChI is InChI=1S/C16H24N2O2S/c1-3-11-8-15(17)14(4-2)16(9-11)21(19,20)18-10-12-5-6-13(18)7-12/h8-9,12-13H,3-7,10,17H2,1-2H3. The molecule has 1 aliphatic carbocycles. The zero-order valence-corrected chi connectivity index (χ0v) is 13.6. The monoisotopic (exact) mass is 308 g/mol. The van der Waals surface area contributed by atoms with Crippen LogP contribution in [0.5, 0.6) is 0 Å². The summed E-state index contributed by atoms with van der Waals surface area (Å²) in [7, 11) is -3.41. The van der Waals surface area contributed by atoms with E-state index in [1.165, 1.54) is 6.42 Å². The van der Waals surface area contributed by atoms with Gasteiger partial charge in [0.1, 0.15) is 0 Å². The van der Waals surface area contributed by atoms with Crippen LogP contribution < -0.4 is 5.73 Å². The summed E-state index contributed by atoms with van der Waals surface area (Å²) in [4.78, 5) is 0.439. The first kappa shape index (κ1) is 14.9. The number of sulfonamides is 1. The molecule has 0 spiro atoms. The predicted molar refractivity (Wildman–Crippen MR) is 84.6 cm³/mol. The average Bonchev–Trinajstić information content (AvgIpc) is 3.09. The maximum absolute atomic E-state index is 13.1. The summed E-state index contributed by atoms with van der Waals surface area (Å²) < 4.78 is 27.9. The molecule has 2 bridgehead atoms. The average molecular weight is 308 g/mol. The van der Waals surface area contributed by atoms with Crippen LogP contribution >= 0.6 is 0 Å². The number of hydrogen-bond acceptors (Lipinski definition) is 3. The van der Waals surface area contributed by atoms with Gasteiger partial charge in [-0.25, -0.2) is 8.42 Å². The largest absolute Gasteiger partial charge is 0.398 e. The number of piperidine rings is 1. The molecule has 1 saturated heterocycles. The second-order valence-electron chi connectivity index (χ2n) is 6.28. The maximum Gasteiger partial charge on any atom is 0.243 e. The van der Waals surface area contributed by atoms with Crippen LogP contribution in [0.2, 0.25) is 0 Å². The van der Waals surface area contributed by atoms with Crippen LogP contribution in [-0.2, 0) is 22.9 Å². The van der Waals surface area contributed by atoms with Gasteiger partial charge >= 0.3 is 0 Å². The molecule has 2 unspecified atom stereocenters. The zero-order chi connectivity index (χ0) is 15.2. The number of rotatable bonds is 4. The summed E-state index contributed by atoms with van der Waals surface area (Å²) >= 11 is 0. The van der Waals surface area contributed by atoms with Crippen LogP contribution in [0.15, 0.2) is 17.0 Å². The Balaban J connectivity index is 2.08. The molecule has 3 rings (SSSR count). The van der Waals surface area contributed by atoms with Crippen LogP contribution in [-0.4, -0.2) is 25.3 Å². The second kappa shape index (κ2) is 5.29. The Bertz CT molecular complexity index is 654. The van der Waals surface area contributed by atoms with E-state index in [0.29, 0.717) is 29.5 Å². The van der Waals surface area contributed by atoms with E-state index in [-0.39, 0.29) is 6.04 Å². The van der Waals surface area contributed by atoms with Crippen molar-refractivity contribution in [3.8, 4) is 0 Å². The van der Waals surface area contributed by atoms with E-state index in [9.17, 15) is 8.42 Å². The van der Waals surface area contributed by atoms with Gasteiger partial charge in [-0.1, -0.05) is 13.8 Å². The van der Waals surface area contributed by atoms with Gasteiger partial charge in [0.05, 0.1) is 4.90 Å². The van der Waals surface area contributed by atoms with E-state index in [2.05, 4.69) is 0 Å². The number of anilines is 1. The van der Waals surface area contributed by atoms with Crippen molar-refractivity contribution in [3.05, 3.63) is 23.3 Å². The van der Waals surface area contributed by atoms with E-state index >= 15 is 0 Å². The SMILES string of the molecule is CCc1cc(N)c(CC)c(S(=O)(=O)N2CC3CCC2C3)c1. The molecule has 1 aromatic rings. The Kier molecular flexibility index (Phi) is 3.74. The summed E-state index contributed by atoms with van der Waals surface area (Å²) in [6.45, 7) is 4.67. The molecule has 1 saturated carbocycles. The lowest BCUT2D eigenvalue weighted by Crippen LogP contribution is -2.38. The van der Waals surface area contributed by atoms with Crippen molar-refractivity contribution in [2.24, 2.45) is 5.92 Å². The van der Waals surface area contributed by atoms with Gasteiger partial charge in [0.2, 0.25) is 10.0 Å². The fourth-order valence-corrected chi connectivity index (χ4v) is 5.96. The highest BCUT2D eigenvalue weighted by Gasteiger charge is 2.44. The fourth-order valence-electron chi connectivity index (χ4n) is 3.84. The van der Waals surface area contributed by atoms with Crippen molar-refractivity contribution < 1.29 is 8.42 Å². The number of benzene rings is 1. The zero-order valence-electron chi connectivity index (χ0n) is 12.8. The highest BCUT2D eigenvalue weighted by molar-refractivity contribution is 7.89. The van der Waals surface area contributed by atoms with Gasteiger partial charge in [-0.3, -0.25) is 0 Å². The summed E-state index contributed by atoms with van der Waals surface area (Å²) in [6, 6.07) is 3.95. The Labute approximate surface area is 127 Å². The van der Waals surface area contributed by atoms with Crippen molar-refractivity contribution in [2.75, 3.05) is 12.3 Å². The van der Waals surface area contributed by atoms with Gasteiger partial charge in [0, 0.05) is 18.3 Å². The van der Waals surface area contributed by atoms with Crippen LogP contribution in [0.25, 0.3) is 0 Å². The first-order valence-corrected chi connectivity index (χ1v) is 9.34. The van der Waals surface area contributed by atoms with Crippen LogP contribution in [0, 0.1) is 5.92 Å². The molecule has 4 nitrogen and oxygen atoms in total. The Morgan fingerprint density at radius 1 is 1.24 bits per heavy atom. The second-order valence-corrected chi connectivity index (χ2v) is 8.14. The van der Waals surface area contributed by atoms with Crippen LogP contribution in [0.1, 0.15) is 44.2 Å². The molecular formula is C16H24N2O2S. The lowest BCUT2D eigenvalue weighted by Gasteiger charge is -2.27. The van der Waals surface area contributed by atoms with Gasteiger partial charge in [0.25, 0.3) is 0 Å². The smallest absolute Gasteiger partial charge is 0.243 e. The van der Waals surface area contributed by atoms with E-state index < -0.39 is 10.0 Å². The molecule has 116 valence electrons. The Morgan fingerprint density at radius 3 is 2.52 bits per heavy atom. The molecule has 5 heteroatoms. The van der Waals surface area contributed by atoms with Crippen LogP contribution in [0.4, 0.5) is 5.69 Å². The fraction of sp³-hybridized carbons (Fsp3) is 0.625. The maximum atomic E-state index is 13.1. The third-order valence-corrected chi connectivity index (χ3v) is 7.00. The third kappa shape index (κ3) is 2.36. The molecule has 0 aromatic heterocycles. The number of nitrogens with zero attached hydrogens (tertiary/aromatic N) is 1. The molecular weight excluding hydrogens is 284 g/mol. The van der Waals surface area contributed by atoms with Gasteiger partial charge < -0.3 is 5.73 Å². The molecule has 2 N–H and O–H groups in total. The van der Waals surface area contributed by atoms with Gasteiger partial charge in [-0.15, -0.1) is 0 Å². The topological polar surface area (TPSA) is 63.4 Å². The number of nitrogens with two attached hydrogens (primary N) is 1. The molecule has 0 amide bonds. The highest BCUT2D eigenvalue weighted by Crippen LogP contribution is 2.41. The Hall–Kier alpha value is -1.07. The minimum atomic E-state index is -3.41. The molecule has 2 fully saturated rings. The summed E-state index contributed by atoms with van der Waals surface area (Å²) in [5.41, 5.74) is 8.47. The molecule has 1 aliphatic heterocycles. The van der Waals surface area contributed by atoms with E-state index in [1.54, 1.807) is 4.31 Å². The predicted octanol–water partition coefficient (Wildman–Crippen LogP) is 2.57. The van der Waals surface area contributed by atoms with Crippen molar-refractivity contribution in [2.45, 2.75) is 56.9 Å². The van der Waals surface area contributed by atoms with Crippen LogP contribution in [0.3, 0.4) is 0 Å². The number of aryl methyl sites for hydroxylation is 1. The van der Waals surface area contributed by atoms with Crippen molar-refractivity contribution >= 4 is 15.7 Å². The molecule has 0 radical (unpaired) electrons. The van der Waals surface area contributed by atoms with Gasteiger partial charge in [-0.05, 0) is 61.3 Å². The van der Waals surface area contributed by atoms with Gasteiger partial charge in [-0.2, -0.15) is 4.31 Å². The molecule has 2 atom stereocenters. The van der Waals surface area contributed by atoms with Crippen molar-refractivity contribution in [1.82, 2.24) is 4.31 Å².